The average molecular weight is 304 g/mol. The molecule has 0 saturated carbocycles. The standard InChI is InChI=1S/C15H20N4OS/c1-18(2)10-9-16-14(20)13-11-17-15(21-3)19(13)12-7-5-4-6-8-12/h4-8,11H,9-10H2,1-3H3,(H,16,20). The first-order chi connectivity index (χ1) is 10.1. The van der Waals surface area contributed by atoms with Crippen molar-refractivity contribution in [1.29, 1.82) is 0 Å². The third-order valence-corrected chi connectivity index (χ3v) is 3.66. The zero-order valence-electron chi connectivity index (χ0n) is 12.5. The van der Waals surface area contributed by atoms with Crippen molar-refractivity contribution in [2.24, 2.45) is 0 Å². The summed E-state index contributed by atoms with van der Waals surface area (Å²) in [5.74, 6) is -0.103. The van der Waals surface area contributed by atoms with E-state index >= 15 is 0 Å². The molecule has 0 aliphatic rings. The topological polar surface area (TPSA) is 50.2 Å². The summed E-state index contributed by atoms with van der Waals surface area (Å²) in [5, 5.41) is 3.73. The summed E-state index contributed by atoms with van der Waals surface area (Å²) < 4.78 is 1.88. The largest absolute Gasteiger partial charge is 0.349 e. The molecule has 0 bridgehead atoms. The zero-order chi connectivity index (χ0) is 15.2. The lowest BCUT2D eigenvalue weighted by Gasteiger charge is -2.13. The molecule has 0 atom stereocenters. The van der Waals surface area contributed by atoms with E-state index in [1.807, 2.05) is 60.1 Å². The van der Waals surface area contributed by atoms with Crippen molar-refractivity contribution >= 4 is 17.7 Å². The molecule has 5 nitrogen and oxygen atoms in total. The van der Waals surface area contributed by atoms with Crippen LogP contribution in [0.1, 0.15) is 10.5 Å². The average Bonchev–Trinajstić information content (AvgIpc) is 2.91. The number of imidazole rings is 1. The second-order valence-electron chi connectivity index (χ2n) is 4.86. The molecule has 0 radical (unpaired) electrons. The van der Waals surface area contributed by atoms with Crippen molar-refractivity contribution in [3.05, 3.63) is 42.2 Å². The normalized spacial score (nSPS) is 10.9. The van der Waals surface area contributed by atoms with Crippen LogP contribution < -0.4 is 5.32 Å². The van der Waals surface area contributed by atoms with Gasteiger partial charge in [0.15, 0.2) is 5.16 Å². The van der Waals surface area contributed by atoms with E-state index in [1.54, 1.807) is 6.20 Å². The van der Waals surface area contributed by atoms with Crippen LogP contribution in [0.4, 0.5) is 0 Å². The molecule has 1 aromatic heterocycles. The molecule has 112 valence electrons. The second kappa shape index (κ2) is 7.28. The van der Waals surface area contributed by atoms with E-state index < -0.39 is 0 Å². The Hall–Kier alpha value is -1.79. The van der Waals surface area contributed by atoms with Crippen LogP contribution in [0, 0.1) is 0 Å². The molecule has 1 amide bonds. The minimum absolute atomic E-state index is 0.103. The van der Waals surface area contributed by atoms with Gasteiger partial charge in [0.1, 0.15) is 5.69 Å². The summed E-state index contributed by atoms with van der Waals surface area (Å²) in [4.78, 5) is 18.7. The highest BCUT2D eigenvalue weighted by atomic mass is 32.2. The molecular formula is C15H20N4OS. The van der Waals surface area contributed by atoms with Gasteiger partial charge in [0, 0.05) is 18.8 Å². The van der Waals surface area contributed by atoms with Crippen LogP contribution in [0.25, 0.3) is 5.69 Å². The Bertz CT molecular complexity index is 595. The van der Waals surface area contributed by atoms with Crippen LogP contribution in [0.3, 0.4) is 0 Å². The maximum absolute atomic E-state index is 12.3. The van der Waals surface area contributed by atoms with Gasteiger partial charge in [0.05, 0.1) is 6.20 Å². The highest BCUT2D eigenvalue weighted by molar-refractivity contribution is 7.98. The number of aromatic nitrogens is 2. The minimum Gasteiger partial charge on any atom is -0.349 e. The molecule has 0 saturated heterocycles. The van der Waals surface area contributed by atoms with Crippen LogP contribution in [0.2, 0.25) is 0 Å². The Morgan fingerprint density at radius 1 is 1.33 bits per heavy atom. The van der Waals surface area contributed by atoms with Crippen LogP contribution >= 0.6 is 11.8 Å². The van der Waals surface area contributed by atoms with E-state index in [-0.39, 0.29) is 5.91 Å². The minimum atomic E-state index is -0.103. The van der Waals surface area contributed by atoms with Gasteiger partial charge in [-0.3, -0.25) is 9.36 Å². The third kappa shape index (κ3) is 3.86. The third-order valence-electron chi connectivity index (χ3n) is 3.00. The quantitative estimate of drug-likeness (QED) is 0.828. The molecule has 2 rings (SSSR count). The lowest BCUT2D eigenvalue weighted by molar-refractivity contribution is 0.0943. The van der Waals surface area contributed by atoms with E-state index in [0.717, 1.165) is 17.4 Å². The van der Waals surface area contributed by atoms with Gasteiger partial charge in [-0.2, -0.15) is 0 Å². The van der Waals surface area contributed by atoms with Gasteiger partial charge >= 0.3 is 0 Å². The number of likely N-dealkylation sites (N-methyl/N-ethyl adjacent to an activating group) is 1. The first kappa shape index (κ1) is 15.6. The highest BCUT2D eigenvalue weighted by Gasteiger charge is 2.17. The van der Waals surface area contributed by atoms with Gasteiger partial charge in [-0.25, -0.2) is 4.98 Å². The Labute approximate surface area is 129 Å². The highest BCUT2D eigenvalue weighted by Crippen LogP contribution is 2.21. The van der Waals surface area contributed by atoms with Crippen LogP contribution in [0.5, 0.6) is 0 Å². The SMILES string of the molecule is CSc1ncc(C(=O)NCCN(C)C)n1-c1ccccc1. The van der Waals surface area contributed by atoms with Crippen LogP contribution in [-0.2, 0) is 0 Å². The number of benzene rings is 1. The number of para-hydroxylation sites is 1. The molecular weight excluding hydrogens is 284 g/mol. The van der Waals surface area contributed by atoms with Crippen molar-refractivity contribution < 1.29 is 4.79 Å². The summed E-state index contributed by atoms with van der Waals surface area (Å²) in [6, 6.07) is 9.80. The maximum Gasteiger partial charge on any atom is 0.270 e. The van der Waals surface area contributed by atoms with Crippen LogP contribution in [0.15, 0.2) is 41.7 Å². The fraction of sp³-hybridized carbons (Fsp3) is 0.333. The molecule has 1 heterocycles. The van der Waals surface area contributed by atoms with Crippen LogP contribution in [-0.4, -0.2) is 53.8 Å². The number of nitrogens with one attached hydrogen (secondary N) is 1. The fourth-order valence-electron chi connectivity index (χ4n) is 1.95. The van der Waals surface area contributed by atoms with E-state index in [1.165, 1.54) is 11.8 Å². The fourth-order valence-corrected chi connectivity index (χ4v) is 2.49. The number of hydrogen-bond acceptors (Lipinski definition) is 4. The smallest absolute Gasteiger partial charge is 0.270 e. The van der Waals surface area contributed by atoms with Crippen molar-refractivity contribution in [3.8, 4) is 5.69 Å². The lowest BCUT2D eigenvalue weighted by Crippen LogP contribution is -2.32. The van der Waals surface area contributed by atoms with E-state index in [4.69, 9.17) is 0 Å². The van der Waals surface area contributed by atoms with E-state index in [2.05, 4.69) is 10.3 Å². The van der Waals surface area contributed by atoms with Crippen molar-refractivity contribution in [2.75, 3.05) is 33.4 Å². The number of nitrogens with zero attached hydrogens (tertiary/aromatic N) is 3. The number of thioether (sulfide) groups is 1. The summed E-state index contributed by atoms with van der Waals surface area (Å²) in [6.45, 7) is 1.42. The summed E-state index contributed by atoms with van der Waals surface area (Å²) >= 11 is 1.52. The van der Waals surface area contributed by atoms with E-state index in [9.17, 15) is 4.79 Å². The molecule has 0 spiro atoms. The van der Waals surface area contributed by atoms with Gasteiger partial charge in [-0.1, -0.05) is 30.0 Å². The maximum atomic E-state index is 12.3. The van der Waals surface area contributed by atoms with Gasteiger partial charge in [0.25, 0.3) is 5.91 Å². The van der Waals surface area contributed by atoms with E-state index in [0.29, 0.717) is 12.2 Å². The van der Waals surface area contributed by atoms with Gasteiger partial charge in [0.2, 0.25) is 0 Å². The number of carbonyl (C=O) groups is 1. The Morgan fingerprint density at radius 2 is 2.05 bits per heavy atom. The number of amides is 1. The molecule has 2 aromatic rings. The first-order valence-corrected chi connectivity index (χ1v) is 7.96. The monoisotopic (exact) mass is 304 g/mol. The van der Waals surface area contributed by atoms with Crippen molar-refractivity contribution in [1.82, 2.24) is 19.8 Å². The molecule has 0 aliphatic carbocycles. The molecule has 0 unspecified atom stereocenters. The predicted molar refractivity (Wildman–Crippen MR) is 86.2 cm³/mol. The van der Waals surface area contributed by atoms with Crippen molar-refractivity contribution in [2.45, 2.75) is 5.16 Å². The first-order valence-electron chi connectivity index (χ1n) is 6.73. The van der Waals surface area contributed by atoms with Gasteiger partial charge in [-0.15, -0.1) is 0 Å². The Morgan fingerprint density at radius 3 is 2.67 bits per heavy atom. The summed E-state index contributed by atoms with van der Waals surface area (Å²) in [5.41, 5.74) is 1.50. The molecule has 1 N–H and O–H groups in total. The number of carbonyl (C=O) groups excluding carboxylic acids is 1. The Balaban J connectivity index is 2.24. The number of hydrogen-bond donors (Lipinski definition) is 1. The molecule has 21 heavy (non-hydrogen) atoms. The molecule has 0 aliphatic heterocycles. The molecule has 0 fully saturated rings. The summed E-state index contributed by atoms with van der Waals surface area (Å²) in [7, 11) is 3.96. The van der Waals surface area contributed by atoms with Gasteiger partial charge < -0.3 is 10.2 Å². The predicted octanol–water partition coefficient (Wildman–Crippen LogP) is 1.89. The lowest BCUT2D eigenvalue weighted by atomic mass is 10.3. The van der Waals surface area contributed by atoms with Crippen molar-refractivity contribution in [3.63, 3.8) is 0 Å². The number of rotatable bonds is 6. The van der Waals surface area contributed by atoms with Gasteiger partial charge in [-0.05, 0) is 32.5 Å². The molecule has 6 heteroatoms. The second-order valence-corrected chi connectivity index (χ2v) is 5.63. The zero-order valence-corrected chi connectivity index (χ0v) is 13.4. The summed E-state index contributed by atoms with van der Waals surface area (Å²) in [6.07, 6.45) is 3.58. The Kier molecular flexibility index (Phi) is 5.41. The molecule has 1 aromatic carbocycles.